The van der Waals surface area contributed by atoms with Crippen LogP contribution in [0.25, 0.3) is 10.2 Å². The second-order valence-corrected chi connectivity index (χ2v) is 8.77. The average Bonchev–Trinajstić information content (AvgIpc) is 3.27. The molecule has 8 heteroatoms. The molecule has 1 fully saturated rings. The highest BCUT2D eigenvalue weighted by Gasteiger charge is 2.21. The predicted molar refractivity (Wildman–Crippen MR) is 113 cm³/mol. The Labute approximate surface area is 173 Å². The lowest BCUT2D eigenvalue weighted by molar-refractivity contribution is 0.105. The molecule has 5 rings (SSSR count). The molecule has 0 saturated carbocycles. The van der Waals surface area contributed by atoms with Crippen LogP contribution in [0.5, 0.6) is 11.5 Å². The van der Waals surface area contributed by atoms with Gasteiger partial charge in [-0.25, -0.2) is 8.94 Å². The Morgan fingerprint density at radius 3 is 2.62 bits per heavy atom. The molecule has 0 amide bonds. The Bertz CT molecular complexity index is 1120. The highest BCUT2D eigenvalue weighted by Crippen LogP contribution is 2.32. The molecule has 2 aromatic heterocycles. The number of pyridine rings is 1. The van der Waals surface area contributed by atoms with Gasteiger partial charge in [0.2, 0.25) is 6.79 Å². The molecule has 0 radical (unpaired) electrons. The lowest BCUT2D eigenvalue weighted by Crippen LogP contribution is -2.46. The molecule has 0 unspecified atom stereocenters. The molecule has 0 aliphatic carbocycles. The van der Waals surface area contributed by atoms with E-state index in [1.165, 1.54) is 17.1 Å². The molecule has 0 atom stereocenters. The Balaban J connectivity index is 1.22. The van der Waals surface area contributed by atoms with Gasteiger partial charge in [-0.15, -0.1) is 0 Å². The van der Waals surface area contributed by atoms with E-state index in [0.29, 0.717) is 13.5 Å². The van der Waals surface area contributed by atoms with Gasteiger partial charge in [-0.05, 0) is 54.7 Å². The fraction of sp³-hybridized carbons (Fsp3) is 0.429. The van der Waals surface area contributed by atoms with Gasteiger partial charge in [0.05, 0.1) is 12.1 Å². The standard InChI is InChI=1S/C21H24N4O3S/c1-14-9-15(2)22-20-19(14)21(26)25(29-20)12-24-7-5-23(6-8-24)11-16-3-4-17-18(10-16)28-13-27-17/h3-4,9-10H,5-8,11-13H2,1-2H3. The Kier molecular flexibility index (Phi) is 4.77. The number of fused-ring (bicyclic) bond motifs is 2. The van der Waals surface area contributed by atoms with Gasteiger partial charge in [0.1, 0.15) is 4.83 Å². The van der Waals surface area contributed by atoms with Crippen molar-refractivity contribution in [3.8, 4) is 11.5 Å². The number of nitrogens with zero attached hydrogens (tertiary/aromatic N) is 4. The van der Waals surface area contributed by atoms with E-state index in [0.717, 1.165) is 65.7 Å². The van der Waals surface area contributed by atoms with Gasteiger partial charge in [-0.2, -0.15) is 0 Å². The summed E-state index contributed by atoms with van der Waals surface area (Å²) in [5, 5.41) is 0.766. The summed E-state index contributed by atoms with van der Waals surface area (Å²) in [6.07, 6.45) is 0. The van der Waals surface area contributed by atoms with Crippen LogP contribution in [-0.4, -0.2) is 51.7 Å². The van der Waals surface area contributed by atoms with Crippen LogP contribution in [0.3, 0.4) is 0 Å². The van der Waals surface area contributed by atoms with Crippen LogP contribution in [0.15, 0.2) is 29.1 Å². The van der Waals surface area contributed by atoms with E-state index in [1.54, 1.807) is 0 Å². The van der Waals surface area contributed by atoms with Crippen LogP contribution in [0.4, 0.5) is 0 Å². The molecule has 3 aromatic rings. The summed E-state index contributed by atoms with van der Waals surface area (Å²) in [6, 6.07) is 8.14. The first kappa shape index (κ1) is 18.6. The number of aryl methyl sites for hydroxylation is 2. The van der Waals surface area contributed by atoms with Crippen molar-refractivity contribution in [1.82, 2.24) is 18.7 Å². The third-order valence-corrected chi connectivity index (χ3v) is 6.56. The lowest BCUT2D eigenvalue weighted by atomic mass is 10.1. The molecule has 7 nitrogen and oxygen atoms in total. The SMILES string of the molecule is Cc1cc(C)c2c(=O)n(CN3CCN(Cc4ccc5c(c4)OCO5)CC3)sc2n1. The summed E-state index contributed by atoms with van der Waals surface area (Å²) in [5.74, 6) is 1.66. The second kappa shape index (κ2) is 7.44. The second-order valence-electron chi connectivity index (χ2n) is 7.76. The lowest BCUT2D eigenvalue weighted by Gasteiger charge is -2.34. The van der Waals surface area contributed by atoms with Crippen LogP contribution < -0.4 is 15.0 Å². The molecule has 4 heterocycles. The summed E-state index contributed by atoms with van der Waals surface area (Å²) in [4.78, 5) is 23.0. The van der Waals surface area contributed by atoms with Crippen molar-refractivity contribution < 1.29 is 9.47 Å². The Hall–Kier alpha value is -2.42. The van der Waals surface area contributed by atoms with E-state index in [1.807, 2.05) is 29.9 Å². The van der Waals surface area contributed by atoms with Crippen molar-refractivity contribution in [3.63, 3.8) is 0 Å². The third kappa shape index (κ3) is 3.63. The largest absolute Gasteiger partial charge is 0.454 e. The minimum Gasteiger partial charge on any atom is -0.454 e. The van der Waals surface area contributed by atoms with E-state index in [9.17, 15) is 4.79 Å². The molecule has 0 N–H and O–H groups in total. The number of hydrogen-bond donors (Lipinski definition) is 0. The van der Waals surface area contributed by atoms with E-state index in [2.05, 4.69) is 26.9 Å². The van der Waals surface area contributed by atoms with E-state index < -0.39 is 0 Å². The maximum atomic E-state index is 12.8. The summed E-state index contributed by atoms with van der Waals surface area (Å²) < 4.78 is 12.7. The van der Waals surface area contributed by atoms with Crippen molar-refractivity contribution in [2.75, 3.05) is 33.0 Å². The summed E-state index contributed by atoms with van der Waals surface area (Å²) in [7, 11) is 0. The summed E-state index contributed by atoms with van der Waals surface area (Å²) in [5.41, 5.74) is 3.29. The highest BCUT2D eigenvalue weighted by molar-refractivity contribution is 7.13. The van der Waals surface area contributed by atoms with Gasteiger partial charge >= 0.3 is 0 Å². The quantitative estimate of drug-likeness (QED) is 0.657. The van der Waals surface area contributed by atoms with Gasteiger partial charge in [-0.3, -0.25) is 14.6 Å². The maximum Gasteiger partial charge on any atom is 0.271 e. The van der Waals surface area contributed by atoms with Gasteiger partial charge in [0.15, 0.2) is 11.5 Å². The van der Waals surface area contributed by atoms with E-state index in [-0.39, 0.29) is 5.56 Å². The van der Waals surface area contributed by atoms with Gasteiger partial charge < -0.3 is 9.47 Å². The molecule has 2 aliphatic heterocycles. The first-order chi connectivity index (χ1) is 14.1. The Morgan fingerprint density at radius 1 is 1.03 bits per heavy atom. The zero-order chi connectivity index (χ0) is 20.0. The molecule has 2 aliphatic rings. The van der Waals surface area contributed by atoms with Gasteiger partial charge in [-0.1, -0.05) is 6.07 Å². The minimum absolute atomic E-state index is 0.0813. The molecule has 1 aromatic carbocycles. The number of ether oxygens (including phenoxy) is 2. The van der Waals surface area contributed by atoms with Crippen LogP contribution in [0, 0.1) is 13.8 Å². The van der Waals surface area contributed by atoms with Crippen molar-refractivity contribution in [1.29, 1.82) is 0 Å². The molecule has 0 bridgehead atoms. The van der Waals surface area contributed by atoms with E-state index >= 15 is 0 Å². The number of aromatic nitrogens is 2. The fourth-order valence-corrected chi connectivity index (χ4v) is 5.19. The monoisotopic (exact) mass is 412 g/mol. The normalized spacial score (nSPS) is 17.3. The first-order valence-corrected chi connectivity index (χ1v) is 10.7. The number of rotatable bonds is 4. The zero-order valence-corrected chi connectivity index (χ0v) is 17.5. The maximum absolute atomic E-state index is 12.8. The highest BCUT2D eigenvalue weighted by atomic mass is 32.1. The molecular weight excluding hydrogens is 388 g/mol. The molecule has 29 heavy (non-hydrogen) atoms. The van der Waals surface area contributed by atoms with Crippen molar-refractivity contribution in [3.05, 3.63) is 51.4 Å². The van der Waals surface area contributed by atoms with Crippen LogP contribution >= 0.6 is 11.5 Å². The van der Waals surface area contributed by atoms with Crippen molar-refractivity contribution >= 4 is 21.7 Å². The molecule has 0 spiro atoms. The summed E-state index contributed by atoms with van der Waals surface area (Å²) in [6.45, 7) is 9.64. The molecule has 152 valence electrons. The van der Waals surface area contributed by atoms with Crippen LogP contribution in [-0.2, 0) is 13.2 Å². The van der Waals surface area contributed by atoms with Crippen LogP contribution in [0.1, 0.15) is 16.8 Å². The first-order valence-electron chi connectivity index (χ1n) is 9.88. The smallest absolute Gasteiger partial charge is 0.271 e. The van der Waals surface area contributed by atoms with Crippen molar-refractivity contribution in [2.45, 2.75) is 27.1 Å². The number of benzene rings is 1. The molecular formula is C21H24N4O3S. The summed E-state index contributed by atoms with van der Waals surface area (Å²) >= 11 is 1.47. The van der Waals surface area contributed by atoms with Crippen LogP contribution in [0.2, 0.25) is 0 Å². The fourth-order valence-electron chi connectivity index (χ4n) is 4.06. The average molecular weight is 413 g/mol. The van der Waals surface area contributed by atoms with Gasteiger partial charge in [0.25, 0.3) is 5.56 Å². The van der Waals surface area contributed by atoms with E-state index in [4.69, 9.17) is 9.47 Å². The third-order valence-electron chi connectivity index (χ3n) is 5.59. The van der Waals surface area contributed by atoms with Gasteiger partial charge in [0, 0.05) is 38.4 Å². The zero-order valence-electron chi connectivity index (χ0n) is 16.7. The number of hydrogen-bond acceptors (Lipinski definition) is 7. The molecule has 1 saturated heterocycles. The van der Waals surface area contributed by atoms with Crippen molar-refractivity contribution in [2.24, 2.45) is 0 Å². The number of piperazine rings is 1. The Morgan fingerprint density at radius 2 is 1.79 bits per heavy atom. The predicted octanol–water partition coefficient (Wildman–Crippen LogP) is 2.58. The minimum atomic E-state index is 0.0813. The topological polar surface area (TPSA) is 59.8 Å².